The molecule has 4 aliphatic heterocycles. The highest BCUT2D eigenvalue weighted by atomic mass is 79.9. The first-order chi connectivity index (χ1) is 33.2. The van der Waals surface area contributed by atoms with Gasteiger partial charge in [0.1, 0.15) is 11.6 Å². The average Bonchev–Trinajstić information content (AvgIpc) is 3.35. The Morgan fingerprint density at radius 1 is 0.652 bits per heavy atom. The van der Waals surface area contributed by atoms with Gasteiger partial charge in [-0.25, -0.2) is 9.97 Å². The van der Waals surface area contributed by atoms with Crippen LogP contribution >= 0.6 is 62.3 Å². The predicted octanol–water partition coefficient (Wildman–Crippen LogP) is 10.4. The van der Waals surface area contributed by atoms with E-state index >= 15 is 0 Å². The first-order valence-corrected chi connectivity index (χ1v) is 27.1. The number of piperazine rings is 2. The molecule has 2 unspecified atom stereocenters. The number of amides is 2. The molecule has 6 heterocycles. The molecule has 0 spiro atoms. The van der Waals surface area contributed by atoms with Crippen LogP contribution in [0.5, 0.6) is 0 Å². The Hall–Kier alpha value is -3.24. The fraction of sp³-hybridized carbons (Fsp3) is 0.538. The number of rotatable bonds is 11. The standard InChI is InChI=1S/C26H35Cl2N5O.C18H28ClN5O.C8H8BrCl/c1-4-29-26(34)21-15-24(28)25(30-16-21)32-13-14-33(18(2)17-32)23-9-11-31(12-10-23)19(3)20-5-7-22(27)8-6-20;1-3-21-18(25)14-10-16(19)17(22-11-14)23-8-9-24(13(2)12-23)15-4-6-20-7-5-15;1-6(9)7-2-4-8(10)5-3-7/h5-8,15-16,18-19,23H,4,9-14,17H2,1-3H3,(H,29,34);10-11,13,15,20H,3-9,12H2,1-2H3,(H,21,25);2-6H,1H3/t18-,19?;13-;/m00./s1. The van der Waals surface area contributed by atoms with Gasteiger partial charge in [0.2, 0.25) is 0 Å². The van der Waals surface area contributed by atoms with Gasteiger partial charge in [-0.2, -0.15) is 0 Å². The van der Waals surface area contributed by atoms with Gasteiger partial charge >= 0.3 is 0 Å². The van der Waals surface area contributed by atoms with Gasteiger partial charge < -0.3 is 25.8 Å². The summed E-state index contributed by atoms with van der Waals surface area (Å²) < 4.78 is 0. The number of hydrogen-bond donors (Lipinski definition) is 3. The summed E-state index contributed by atoms with van der Waals surface area (Å²) in [6, 6.07) is 22.1. The van der Waals surface area contributed by atoms with Gasteiger partial charge in [-0.05, 0) is 128 Å². The molecule has 376 valence electrons. The molecule has 4 aliphatic rings. The van der Waals surface area contributed by atoms with Gasteiger partial charge in [-0.1, -0.05) is 86.6 Å². The summed E-state index contributed by atoms with van der Waals surface area (Å²) in [6.45, 7) is 24.0. The van der Waals surface area contributed by atoms with E-state index in [4.69, 9.17) is 46.4 Å². The van der Waals surface area contributed by atoms with E-state index in [2.05, 4.69) is 106 Å². The van der Waals surface area contributed by atoms with E-state index in [-0.39, 0.29) is 11.8 Å². The molecule has 12 nitrogen and oxygen atoms in total. The molecule has 17 heteroatoms. The van der Waals surface area contributed by atoms with Gasteiger partial charge in [0.15, 0.2) is 0 Å². The maximum Gasteiger partial charge on any atom is 0.252 e. The minimum atomic E-state index is -0.140. The number of halogens is 5. The molecule has 2 aromatic heterocycles. The number of piperidine rings is 2. The number of aromatic nitrogens is 2. The van der Waals surface area contributed by atoms with Gasteiger partial charge in [-0.15, -0.1) is 0 Å². The number of nitrogens with one attached hydrogen (secondary N) is 3. The van der Waals surface area contributed by atoms with Crippen LogP contribution in [-0.4, -0.2) is 139 Å². The smallest absolute Gasteiger partial charge is 0.252 e. The molecule has 4 aromatic rings. The lowest BCUT2D eigenvalue weighted by atomic mass is 9.97. The highest BCUT2D eigenvalue weighted by Gasteiger charge is 2.34. The molecule has 4 saturated heterocycles. The van der Waals surface area contributed by atoms with E-state index in [1.54, 1.807) is 24.5 Å². The van der Waals surface area contributed by atoms with Crippen LogP contribution in [0.15, 0.2) is 73.1 Å². The Labute approximate surface area is 439 Å². The van der Waals surface area contributed by atoms with E-state index in [1.165, 1.54) is 36.8 Å². The second-order valence-electron chi connectivity index (χ2n) is 18.5. The molecule has 4 atom stereocenters. The highest BCUT2D eigenvalue weighted by molar-refractivity contribution is 9.09. The first-order valence-electron chi connectivity index (χ1n) is 24.7. The number of carbonyl (C=O) groups is 2. The van der Waals surface area contributed by atoms with Crippen molar-refractivity contribution in [3.05, 3.63) is 115 Å². The zero-order chi connectivity index (χ0) is 49.6. The van der Waals surface area contributed by atoms with Crippen molar-refractivity contribution in [3.63, 3.8) is 0 Å². The summed E-state index contributed by atoms with van der Waals surface area (Å²) >= 11 is 28.2. The lowest BCUT2D eigenvalue weighted by Crippen LogP contribution is -2.57. The summed E-state index contributed by atoms with van der Waals surface area (Å²) in [5.74, 6) is 1.28. The van der Waals surface area contributed by atoms with Crippen molar-refractivity contribution in [1.29, 1.82) is 0 Å². The van der Waals surface area contributed by atoms with Gasteiger partial charge in [-0.3, -0.25) is 24.3 Å². The molecule has 2 aromatic carbocycles. The van der Waals surface area contributed by atoms with Crippen LogP contribution in [0, 0.1) is 0 Å². The lowest BCUT2D eigenvalue weighted by molar-refractivity contribution is 0.0583. The number of likely N-dealkylation sites (tertiary alicyclic amines) is 1. The SMILES string of the molecule is CC(Br)c1ccc(Cl)cc1.CCNC(=O)c1cnc(N2CCN(C3CCN(C(C)c4ccc(Cl)cc4)CC3)[C@@H](C)C2)c(Cl)c1.CCNC(=O)c1cnc(N2CCN(C3CCNCC3)[C@@H](C)C2)c(Cl)c1. The molecule has 69 heavy (non-hydrogen) atoms. The van der Waals surface area contributed by atoms with E-state index in [0.29, 0.717) is 69.3 Å². The van der Waals surface area contributed by atoms with E-state index in [9.17, 15) is 9.59 Å². The normalized spacial score (nSPS) is 20.7. The van der Waals surface area contributed by atoms with Gasteiger partial charge in [0.25, 0.3) is 11.8 Å². The molecule has 4 fully saturated rings. The summed E-state index contributed by atoms with van der Waals surface area (Å²) in [5.41, 5.74) is 3.59. The van der Waals surface area contributed by atoms with E-state index in [0.717, 1.165) is 87.1 Å². The quantitative estimate of drug-likeness (QED) is 0.126. The van der Waals surface area contributed by atoms with Crippen LogP contribution in [0.1, 0.15) is 110 Å². The monoisotopic (exact) mass is 1090 g/mol. The number of nitrogens with zero attached hydrogens (tertiary/aromatic N) is 7. The first kappa shape index (κ1) is 55.1. The lowest BCUT2D eigenvalue weighted by Gasteiger charge is -2.47. The summed E-state index contributed by atoms with van der Waals surface area (Å²) in [7, 11) is 0. The van der Waals surface area contributed by atoms with Crippen molar-refractivity contribution in [2.24, 2.45) is 0 Å². The van der Waals surface area contributed by atoms with Crippen LogP contribution in [0.4, 0.5) is 11.6 Å². The second kappa shape index (κ2) is 27.0. The highest BCUT2D eigenvalue weighted by Crippen LogP contribution is 2.32. The topological polar surface area (TPSA) is 112 Å². The van der Waals surface area contributed by atoms with Crippen molar-refractivity contribution in [2.75, 3.05) is 88.3 Å². The maximum absolute atomic E-state index is 12.1. The number of alkyl halides is 1. The minimum absolute atomic E-state index is 0.132. The van der Waals surface area contributed by atoms with Crippen molar-refractivity contribution in [3.8, 4) is 0 Å². The van der Waals surface area contributed by atoms with Crippen molar-refractivity contribution < 1.29 is 9.59 Å². The van der Waals surface area contributed by atoms with E-state index in [1.807, 2.05) is 50.2 Å². The minimum Gasteiger partial charge on any atom is -0.353 e. The third-order valence-electron chi connectivity index (χ3n) is 13.8. The van der Waals surface area contributed by atoms with Crippen LogP contribution in [0.3, 0.4) is 0 Å². The average molecular weight is 1090 g/mol. The van der Waals surface area contributed by atoms with Crippen LogP contribution < -0.4 is 25.8 Å². The Morgan fingerprint density at radius 2 is 1.07 bits per heavy atom. The van der Waals surface area contributed by atoms with Crippen LogP contribution in [0.25, 0.3) is 0 Å². The summed E-state index contributed by atoms with van der Waals surface area (Å²) in [6.07, 6.45) is 8.07. The fourth-order valence-electron chi connectivity index (χ4n) is 9.94. The van der Waals surface area contributed by atoms with Gasteiger partial charge in [0, 0.05) is 123 Å². The Bertz CT molecular complexity index is 2250. The third kappa shape index (κ3) is 15.4. The molecule has 0 bridgehead atoms. The zero-order valence-corrected chi connectivity index (χ0v) is 45.7. The molecule has 0 saturated carbocycles. The third-order valence-corrected chi connectivity index (χ3v) is 15.4. The number of carbonyl (C=O) groups excluding carboxylic acids is 2. The summed E-state index contributed by atoms with van der Waals surface area (Å²) in [5, 5.41) is 11.7. The Balaban J connectivity index is 0.000000195. The van der Waals surface area contributed by atoms with Gasteiger partial charge in [0.05, 0.1) is 21.2 Å². The van der Waals surface area contributed by atoms with Crippen molar-refractivity contribution in [1.82, 2.24) is 40.6 Å². The largest absolute Gasteiger partial charge is 0.353 e. The Morgan fingerprint density at radius 3 is 1.46 bits per heavy atom. The van der Waals surface area contributed by atoms with Crippen LogP contribution in [-0.2, 0) is 0 Å². The molecule has 8 rings (SSSR count). The van der Waals surface area contributed by atoms with Crippen molar-refractivity contribution >= 4 is 85.8 Å². The predicted molar refractivity (Wildman–Crippen MR) is 290 cm³/mol. The fourth-order valence-corrected chi connectivity index (χ4v) is 11.1. The van der Waals surface area contributed by atoms with Crippen molar-refractivity contribution in [2.45, 2.75) is 102 Å². The number of pyridine rings is 2. The maximum atomic E-state index is 12.1. The number of benzene rings is 2. The number of hydrogen-bond acceptors (Lipinski definition) is 10. The molecule has 0 aliphatic carbocycles. The molecular formula is C52H71BrCl4N10O2. The van der Waals surface area contributed by atoms with Crippen LogP contribution in [0.2, 0.25) is 20.1 Å². The molecule has 3 N–H and O–H groups in total. The van der Waals surface area contributed by atoms with E-state index < -0.39 is 0 Å². The second-order valence-corrected chi connectivity index (χ2v) is 21.5. The Kier molecular flexibility index (Phi) is 21.5. The molecule has 0 radical (unpaired) electrons. The summed E-state index contributed by atoms with van der Waals surface area (Å²) in [4.78, 5) is 45.8. The molecular weight excluding hydrogens is 1020 g/mol. The zero-order valence-electron chi connectivity index (χ0n) is 41.0. The number of anilines is 2. The molecule has 2 amide bonds.